The molecule has 0 bridgehead atoms. The molecule has 2 aromatic rings. The van der Waals surface area contributed by atoms with Crippen LogP contribution in [0.15, 0.2) is 29.0 Å². The first-order valence-electron chi connectivity index (χ1n) is 9.04. The number of thiophene rings is 1. The maximum Gasteiger partial charge on any atom is 0.252 e. The van der Waals surface area contributed by atoms with Crippen LogP contribution in [0.5, 0.6) is 0 Å². The van der Waals surface area contributed by atoms with Crippen LogP contribution in [0.3, 0.4) is 0 Å². The van der Waals surface area contributed by atoms with Crippen molar-refractivity contribution < 1.29 is 9.59 Å². The fraction of sp³-hybridized carbons (Fsp3) is 0.400. The number of halogens is 1. The molecule has 1 aromatic carbocycles. The molecule has 2 heterocycles. The zero-order valence-corrected chi connectivity index (χ0v) is 17.1. The Labute approximate surface area is 168 Å². The third kappa shape index (κ3) is 5.31. The van der Waals surface area contributed by atoms with Gasteiger partial charge in [0.2, 0.25) is 5.91 Å². The minimum atomic E-state index is -0.0652. The van der Waals surface area contributed by atoms with Gasteiger partial charge in [-0.1, -0.05) is 17.7 Å². The van der Waals surface area contributed by atoms with Crippen molar-refractivity contribution in [1.29, 1.82) is 0 Å². The van der Waals surface area contributed by atoms with Crippen molar-refractivity contribution in [1.82, 2.24) is 10.2 Å². The molecule has 1 aromatic heterocycles. The molecule has 5 nitrogen and oxygen atoms in total. The Morgan fingerprint density at radius 1 is 1.26 bits per heavy atom. The average Bonchev–Trinajstić information content (AvgIpc) is 3.14. The Morgan fingerprint density at radius 2 is 2.00 bits per heavy atom. The van der Waals surface area contributed by atoms with Gasteiger partial charge in [-0.3, -0.25) is 14.5 Å². The van der Waals surface area contributed by atoms with Crippen molar-refractivity contribution in [3.05, 3.63) is 50.7 Å². The number of piperidine rings is 1. The van der Waals surface area contributed by atoms with Gasteiger partial charge in [-0.05, 0) is 55.3 Å². The quantitative estimate of drug-likeness (QED) is 0.794. The lowest BCUT2D eigenvalue weighted by Crippen LogP contribution is -2.46. The first-order valence-corrected chi connectivity index (χ1v) is 10.4. The highest BCUT2D eigenvalue weighted by atomic mass is 35.5. The van der Waals surface area contributed by atoms with Gasteiger partial charge in [0, 0.05) is 30.1 Å². The van der Waals surface area contributed by atoms with E-state index in [2.05, 4.69) is 15.5 Å². The van der Waals surface area contributed by atoms with Crippen LogP contribution in [0, 0.1) is 13.8 Å². The molecule has 0 aliphatic carbocycles. The number of amides is 2. The summed E-state index contributed by atoms with van der Waals surface area (Å²) in [5.41, 5.74) is 3.43. The Hall–Kier alpha value is -1.89. The number of benzene rings is 1. The first kappa shape index (κ1) is 19.9. The van der Waals surface area contributed by atoms with E-state index in [9.17, 15) is 9.59 Å². The molecular formula is C20H24ClN3O2S. The lowest BCUT2D eigenvalue weighted by Gasteiger charge is -2.31. The second-order valence-electron chi connectivity index (χ2n) is 7.02. The number of carbonyl (C=O) groups is 2. The normalized spacial score (nSPS) is 15.5. The van der Waals surface area contributed by atoms with Gasteiger partial charge in [-0.15, -0.1) is 0 Å². The van der Waals surface area contributed by atoms with Crippen molar-refractivity contribution in [2.45, 2.75) is 32.7 Å². The Bertz CT molecular complexity index is 792. The number of hydrogen-bond donors (Lipinski definition) is 2. The van der Waals surface area contributed by atoms with Gasteiger partial charge >= 0.3 is 0 Å². The fourth-order valence-electron chi connectivity index (χ4n) is 3.35. The summed E-state index contributed by atoms with van der Waals surface area (Å²) in [6.45, 7) is 5.81. The molecule has 3 rings (SSSR count). The molecule has 0 saturated carbocycles. The van der Waals surface area contributed by atoms with Crippen LogP contribution in [0.4, 0.5) is 5.69 Å². The van der Waals surface area contributed by atoms with Gasteiger partial charge in [-0.25, -0.2) is 0 Å². The average molecular weight is 406 g/mol. The van der Waals surface area contributed by atoms with E-state index in [1.165, 1.54) is 11.3 Å². The molecule has 1 aliphatic heterocycles. The van der Waals surface area contributed by atoms with Crippen LogP contribution in [-0.2, 0) is 4.79 Å². The summed E-state index contributed by atoms with van der Waals surface area (Å²) < 4.78 is 0. The predicted octanol–water partition coefficient (Wildman–Crippen LogP) is 3.85. The summed E-state index contributed by atoms with van der Waals surface area (Å²) in [5, 5.41) is 10.3. The number of nitrogens with one attached hydrogen (secondary N) is 2. The van der Waals surface area contributed by atoms with Crippen LogP contribution in [0.1, 0.15) is 34.3 Å². The summed E-state index contributed by atoms with van der Waals surface area (Å²) >= 11 is 7.78. The number of rotatable bonds is 5. The van der Waals surface area contributed by atoms with Crippen LogP contribution < -0.4 is 10.6 Å². The number of aryl methyl sites for hydroxylation is 2. The molecule has 144 valence electrons. The second-order valence-corrected chi connectivity index (χ2v) is 8.21. The number of anilines is 1. The molecule has 1 saturated heterocycles. The smallest absolute Gasteiger partial charge is 0.252 e. The zero-order valence-electron chi connectivity index (χ0n) is 15.5. The number of hydrogen-bond acceptors (Lipinski definition) is 4. The Balaban J connectivity index is 1.46. The Kier molecular flexibility index (Phi) is 6.52. The first-order chi connectivity index (χ1) is 12.9. The summed E-state index contributed by atoms with van der Waals surface area (Å²) in [6, 6.07) is 5.85. The molecule has 0 atom stereocenters. The lowest BCUT2D eigenvalue weighted by molar-refractivity contribution is -0.117. The van der Waals surface area contributed by atoms with Crippen LogP contribution in [0.25, 0.3) is 0 Å². The van der Waals surface area contributed by atoms with Crippen molar-refractivity contribution >= 4 is 40.4 Å². The van der Waals surface area contributed by atoms with Gasteiger partial charge in [0.1, 0.15) is 0 Å². The van der Waals surface area contributed by atoms with Gasteiger partial charge in [-0.2, -0.15) is 11.3 Å². The van der Waals surface area contributed by atoms with Gasteiger partial charge in [0.25, 0.3) is 5.91 Å². The van der Waals surface area contributed by atoms with E-state index in [0.717, 1.165) is 37.1 Å². The van der Waals surface area contributed by atoms with E-state index in [1.807, 2.05) is 42.8 Å². The summed E-state index contributed by atoms with van der Waals surface area (Å²) in [5.74, 6) is -0.0819. The molecule has 2 N–H and O–H groups in total. The number of carbonyl (C=O) groups excluding carboxylic acids is 2. The molecule has 0 spiro atoms. The summed E-state index contributed by atoms with van der Waals surface area (Å²) in [7, 11) is 0. The second kappa shape index (κ2) is 8.87. The molecular weight excluding hydrogens is 382 g/mol. The third-order valence-electron chi connectivity index (χ3n) is 4.77. The summed E-state index contributed by atoms with van der Waals surface area (Å²) in [6.07, 6.45) is 1.68. The number of nitrogens with zero attached hydrogens (tertiary/aromatic N) is 1. The van der Waals surface area contributed by atoms with E-state index in [4.69, 9.17) is 11.6 Å². The molecule has 27 heavy (non-hydrogen) atoms. The summed E-state index contributed by atoms with van der Waals surface area (Å²) in [4.78, 5) is 26.6. The van der Waals surface area contributed by atoms with Crippen molar-refractivity contribution in [3.8, 4) is 0 Å². The maximum atomic E-state index is 12.4. The minimum absolute atomic E-state index is 0.0167. The zero-order chi connectivity index (χ0) is 19.4. The van der Waals surface area contributed by atoms with Crippen LogP contribution in [0.2, 0.25) is 5.02 Å². The van der Waals surface area contributed by atoms with Gasteiger partial charge in [0.05, 0.1) is 17.3 Å². The minimum Gasteiger partial charge on any atom is -0.349 e. The molecule has 2 amide bonds. The monoisotopic (exact) mass is 405 g/mol. The lowest BCUT2D eigenvalue weighted by atomic mass is 10.0. The topological polar surface area (TPSA) is 61.4 Å². The van der Waals surface area contributed by atoms with Crippen LogP contribution in [-0.4, -0.2) is 42.4 Å². The highest BCUT2D eigenvalue weighted by Gasteiger charge is 2.23. The Morgan fingerprint density at radius 3 is 2.63 bits per heavy atom. The van der Waals surface area contributed by atoms with Gasteiger partial charge in [0.15, 0.2) is 0 Å². The molecule has 0 unspecified atom stereocenters. The van der Waals surface area contributed by atoms with Gasteiger partial charge < -0.3 is 10.6 Å². The number of likely N-dealkylation sites (tertiary alicyclic amines) is 1. The third-order valence-corrected chi connectivity index (χ3v) is 5.75. The molecule has 7 heteroatoms. The van der Waals surface area contributed by atoms with Crippen LogP contribution >= 0.6 is 22.9 Å². The van der Waals surface area contributed by atoms with Crippen molar-refractivity contribution in [2.75, 3.05) is 25.0 Å². The van der Waals surface area contributed by atoms with E-state index >= 15 is 0 Å². The highest BCUT2D eigenvalue weighted by Crippen LogP contribution is 2.27. The molecule has 0 radical (unpaired) electrons. The standard InChI is InChI=1S/C20H24ClN3O2S/c1-13-9-14(2)19(17(21)10-13)23-18(25)11-24-6-3-16(4-7-24)22-20(26)15-5-8-27-12-15/h5,8-10,12,16H,3-4,6-7,11H2,1-2H3,(H,22,26)(H,23,25). The molecule has 1 aliphatic rings. The van der Waals surface area contributed by atoms with Crippen molar-refractivity contribution in [2.24, 2.45) is 0 Å². The van der Waals surface area contributed by atoms with Crippen molar-refractivity contribution in [3.63, 3.8) is 0 Å². The largest absolute Gasteiger partial charge is 0.349 e. The maximum absolute atomic E-state index is 12.4. The highest BCUT2D eigenvalue weighted by molar-refractivity contribution is 7.08. The SMILES string of the molecule is Cc1cc(C)c(NC(=O)CN2CCC(NC(=O)c3ccsc3)CC2)c(Cl)c1. The molecule has 1 fully saturated rings. The predicted molar refractivity (Wildman–Crippen MR) is 111 cm³/mol. The van der Waals surface area contributed by atoms with E-state index < -0.39 is 0 Å². The fourth-order valence-corrected chi connectivity index (χ4v) is 4.36. The van der Waals surface area contributed by atoms with E-state index in [1.54, 1.807) is 0 Å². The van der Waals surface area contributed by atoms with E-state index in [0.29, 0.717) is 22.8 Å². The van der Waals surface area contributed by atoms with E-state index in [-0.39, 0.29) is 17.9 Å².